The van der Waals surface area contributed by atoms with Crippen LogP contribution in [0, 0.1) is 11.8 Å². The first-order valence-electron chi connectivity index (χ1n) is 6.56. The molecule has 2 amide bonds. The summed E-state index contributed by atoms with van der Waals surface area (Å²) >= 11 is 0. The lowest BCUT2D eigenvalue weighted by Gasteiger charge is -2.26. The standard InChI is InChI=1S/C13H26N2O3/c1-6-15(8-10(4)5)13(18)14-11(12(16)17)7-9(2)3/h9-11H,6-8H2,1-5H3,(H,14,18)(H,16,17)/t11-/m0/s1. The zero-order chi connectivity index (χ0) is 14.3. The summed E-state index contributed by atoms with van der Waals surface area (Å²) in [5.41, 5.74) is 0. The van der Waals surface area contributed by atoms with E-state index in [1.54, 1.807) is 4.90 Å². The fourth-order valence-electron chi connectivity index (χ4n) is 1.73. The van der Waals surface area contributed by atoms with Gasteiger partial charge in [0.1, 0.15) is 6.04 Å². The zero-order valence-corrected chi connectivity index (χ0v) is 12.1. The minimum absolute atomic E-state index is 0.228. The molecule has 0 fully saturated rings. The highest BCUT2D eigenvalue weighted by molar-refractivity contribution is 5.82. The van der Waals surface area contributed by atoms with Crippen LogP contribution in [0.2, 0.25) is 0 Å². The van der Waals surface area contributed by atoms with E-state index in [0.29, 0.717) is 25.4 Å². The Morgan fingerprint density at radius 3 is 2.06 bits per heavy atom. The number of aliphatic carboxylic acids is 1. The van der Waals surface area contributed by atoms with Crippen LogP contribution in [0.1, 0.15) is 41.0 Å². The monoisotopic (exact) mass is 258 g/mol. The van der Waals surface area contributed by atoms with Gasteiger partial charge >= 0.3 is 12.0 Å². The summed E-state index contributed by atoms with van der Waals surface area (Å²) in [6, 6.07) is -1.10. The van der Waals surface area contributed by atoms with Crippen molar-refractivity contribution in [2.24, 2.45) is 11.8 Å². The van der Waals surface area contributed by atoms with E-state index < -0.39 is 12.0 Å². The summed E-state index contributed by atoms with van der Waals surface area (Å²) in [6.45, 7) is 11.0. The number of amides is 2. The van der Waals surface area contributed by atoms with Crippen LogP contribution < -0.4 is 5.32 Å². The van der Waals surface area contributed by atoms with Crippen LogP contribution in [-0.2, 0) is 4.79 Å². The second kappa shape index (κ2) is 7.95. The number of carboxylic acid groups (broad SMARTS) is 1. The number of nitrogens with one attached hydrogen (secondary N) is 1. The first-order chi connectivity index (χ1) is 8.27. The third-order valence-corrected chi connectivity index (χ3v) is 2.56. The smallest absolute Gasteiger partial charge is 0.326 e. The number of hydrogen-bond acceptors (Lipinski definition) is 2. The number of carbonyl (C=O) groups is 2. The molecule has 1 atom stereocenters. The SMILES string of the molecule is CCN(CC(C)C)C(=O)N[C@@H](CC(C)C)C(=O)O. The average Bonchev–Trinajstić information content (AvgIpc) is 2.23. The maximum Gasteiger partial charge on any atom is 0.326 e. The molecule has 0 radical (unpaired) electrons. The van der Waals surface area contributed by atoms with Crippen LogP contribution in [0.5, 0.6) is 0 Å². The van der Waals surface area contributed by atoms with E-state index in [1.807, 2.05) is 34.6 Å². The number of carbonyl (C=O) groups excluding carboxylic acids is 1. The fourth-order valence-corrected chi connectivity index (χ4v) is 1.73. The van der Waals surface area contributed by atoms with Crippen molar-refractivity contribution in [3.63, 3.8) is 0 Å². The van der Waals surface area contributed by atoms with Crippen molar-refractivity contribution in [1.29, 1.82) is 0 Å². The molecule has 0 aromatic rings. The molecule has 2 N–H and O–H groups in total. The lowest BCUT2D eigenvalue weighted by molar-refractivity contribution is -0.139. The number of hydrogen-bond donors (Lipinski definition) is 2. The van der Waals surface area contributed by atoms with Gasteiger partial charge in [-0.3, -0.25) is 0 Å². The maximum absolute atomic E-state index is 12.0. The highest BCUT2D eigenvalue weighted by atomic mass is 16.4. The molecule has 0 aliphatic heterocycles. The number of urea groups is 1. The summed E-state index contributed by atoms with van der Waals surface area (Å²) in [7, 11) is 0. The molecule has 106 valence electrons. The summed E-state index contributed by atoms with van der Waals surface area (Å²) in [4.78, 5) is 24.7. The van der Waals surface area contributed by atoms with Gasteiger partial charge in [0.15, 0.2) is 0 Å². The number of carboxylic acids is 1. The molecule has 18 heavy (non-hydrogen) atoms. The van der Waals surface area contributed by atoms with Gasteiger partial charge in [-0.15, -0.1) is 0 Å². The summed E-state index contributed by atoms with van der Waals surface area (Å²) in [5, 5.41) is 11.7. The van der Waals surface area contributed by atoms with E-state index in [0.717, 1.165) is 0 Å². The van der Waals surface area contributed by atoms with Crippen molar-refractivity contribution in [2.45, 2.75) is 47.1 Å². The van der Waals surface area contributed by atoms with Crippen molar-refractivity contribution in [3.05, 3.63) is 0 Å². The summed E-state index contributed by atoms with van der Waals surface area (Å²) in [5.74, 6) is -0.381. The average molecular weight is 258 g/mol. The predicted molar refractivity (Wildman–Crippen MR) is 71.5 cm³/mol. The van der Waals surface area contributed by atoms with Crippen LogP contribution in [0.15, 0.2) is 0 Å². The van der Waals surface area contributed by atoms with Gasteiger partial charge in [-0.25, -0.2) is 9.59 Å². The van der Waals surface area contributed by atoms with Crippen LogP contribution >= 0.6 is 0 Å². The Bertz CT molecular complexity index is 277. The Morgan fingerprint density at radius 2 is 1.72 bits per heavy atom. The minimum Gasteiger partial charge on any atom is -0.480 e. The molecule has 0 bridgehead atoms. The maximum atomic E-state index is 12.0. The summed E-state index contributed by atoms with van der Waals surface area (Å²) in [6.07, 6.45) is 0.445. The fraction of sp³-hybridized carbons (Fsp3) is 0.846. The molecule has 0 spiro atoms. The van der Waals surface area contributed by atoms with E-state index in [2.05, 4.69) is 5.32 Å². The van der Waals surface area contributed by atoms with E-state index in [-0.39, 0.29) is 11.9 Å². The van der Waals surface area contributed by atoms with Crippen LogP contribution in [0.3, 0.4) is 0 Å². The van der Waals surface area contributed by atoms with Crippen molar-refractivity contribution < 1.29 is 14.7 Å². The molecule has 0 aliphatic rings. The normalized spacial score (nSPS) is 12.6. The van der Waals surface area contributed by atoms with Crippen molar-refractivity contribution >= 4 is 12.0 Å². The Labute approximate surface area is 110 Å². The largest absolute Gasteiger partial charge is 0.480 e. The van der Waals surface area contributed by atoms with E-state index >= 15 is 0 Å². The molecule has 0 saturated heterocycles. The first-order valence-corrected chi connectivity index (χ1v) is 6.56. The molecule has 0 aromatic carbocycles. The summed E-state index contributed by atoms with van der Waals surface area (Å²) < 4.78 is 0. The molecule has 0 aromatic heterocycles. The molecule has 5 heteroatoms. The first kappa shape index (κ1) is 16.7. The van der Waals surface area contributed by atoms with E-state index in [4.69, 9.17) is 5.11 Å². The Balaban J connectivity index is 4.51. The van der Waals surface area contributed by atoms with Gasteiger partial charge in [-0.1, -0.05) is 27.7 Å². The molecule has 0 rings (SSSR count). The second-order valence-corrected chi connectivity index (χ2v) is 5.40. The van der Waals surface area contributed by atoms with E-state index in [9.17, 15) is 9.59 Å². The zero-order valence-electron chi connectivity index (χ0n) is 12.1. The Morgan fingerprint density at radius 1 is 1.17 bits per heavy atom. The molecule has 0 heterocycles. The van der Waals surface area contributed by atoms with Crippen molar-refractivity contribution in [3.8, 4) is 0 Å². The minimum atomic E-state index is -0.974. The Kier molecular flexibility index (Phi) is 7.39. The number of rotatable bonds is 7. The lowest BCUT2D eigenvalue weighted by Crippen LogP contribution is -2.49. The highest BCUT2D eigenvalue weighted by Crippen LogP contribution is 2.06. The molecule has 0 aliphatic carbocycles. The topological polar surface area (TPSA) is 69.6 Å². The van der Waals surface area contributed by atoms with E-state index in [1.165, 1.54) is 0 Å². The van der Waals surface area contributed by atoms with Crippen LogP contribution in [-0.4, -0.2) is 41.1 Å². The van der Waals surface area contributed by atoms with Gasteiger partial charge < -0.3 is 15.3 Å². The third-order valence-electron chi connectivity index (χ3n) is 2.56. The van der Waals surface area contributed by atoms with Gasteiger partial charge in [-0.05, 0) is 25.2 Å². The van der Waals surface area contributed by atoms with Gasteiger partial charge in [-0.2, -0.15) is 0 Å². The molecular formula is C13H26N2O3. The molecular weight excluding hydrogens is 232 g/mol. The molecule has 5 nitrogen and oxygen atoms in total. The third kappa shape index (κ3) is 6.47. The van der Waals surface area contributed by atoms with Gasteiger partial charge in [0.05, 0.1) is 0 Å². The highest BCUT2D eigenvalue weighted by Gasteiger charge is 2.23. The van der Waals surface area contributed by atoms with Gasteiger partial charge in [0.25, 0.3) is 0 Å². The van der Waals surface area contributed by atoms with Gasteiger partial charge in [0, 0.05) is 13.1 Å². The van der Waals surface area contributed by atoms with Crippen LogP contribution in [0.4, 0.5) is 4.79 Å². The van der Waals surface area contributed by atoms with Gasteiger partial charge in [0.2, 0.25) is 0 Å². The number of nitrogens with zero attached hydrogens (tertiary/aromatic N) is 1. The van der Waals surface area contributed by atoms with Crippen LogP contribution in [0.25, 0.3) is 0 Å². The predicted octanol–water partition coefficient (Wildman–Crippen LogP) is 2.17. The van der Waals surface area contributed by atoms with Crippen molar-refractivity contribution in [1.82, 2.24) is 10.2 Å². The second-order valence-electron chi connectivity index (χ2n) is 5.40. The quantitative estimate of drug-likeness (QED) is 0.735. The molecule has 0 saturated carbocycles. The van der Waals surface area contributed by atoms with Crippen molar-refractivity contribution in [2.75, 3.05) is 13.1 Å². The molecule has 0 unspecified atom stereocenters. The lowest BCUT2D eigenvalue weighted by atomic mass is 10.0. The Hall–Kier alpha value is -1.26.